The molecule has 0 saturated carbocycles. The first-order chi connectivity index (χ1) is 9.50. The molecule has 2 atom stereocenters. The highest BCUT2D eigenvalue weighted by molar-refractivity contribution is 7.99. The number of thioether (sulfide) groups is 1. The van der Waals surface area contributed by atoms with Gasteiger partial charge >= 0.3 is 5.97 Å². The number of carboxylic acid groups (broad SMARTS) is 1. The van der Waals surface area contributed by atoms with Gasteiger partial charge in [0, 0.05) is 18.5 Å². The normalized spacial score (nSPS) is 20.5. The first-order valence-corrected chi connectivity index (χ1v) is 8.02. The van der Waals surface area contributed by atoms with Gasteiger partial charge in [0.15, 0.2) is 5.16 Å². The molecular weight excluding hydrogens is 276 g/mol. The quantitative estimate of drug-likeness (QED) is 0.818. The Morgan fingerprint density at radius 1 is 1.60 bits per heavy atom. The number of carboxylic acids is 1. The molecule has 0 spiro atoms. The predicted molar refractivity (Wildman–Crippen MR) is 78.4 cm³/mol. The minimum Gasteiger partial charge on any atom is -0.481 e. The SMILES string of the molecule is CC(C)c1cnc(SCC(=O)O)n1C(C)C1CCCO1. The van der Waals surface area contributed by atoms with Gasteiger partial charge in [-0.1, -0.05) is 25.6 Å². The van der Waals surface area contributed by atoms with Crippen LogP contribution in [-0.2, 0) is 9.53 Å². The third kappa shape index (κ3) is 3.35. The number of hydrogen-bond acceptors (Lipinski definition) is 4. The molecule has 0 aliphatic carbocycles. The summed E-state index contributed by atoms with van der Waals surface area (Å²) in [6.07, 6.45) is 4.21. The Balaban J connectivity index is 2.25. The summed E-state index contributed by atoms with van der Waals surface area (Å²) in [5, 5.41) is 9.63. The van der Waals surface area contributed by atoms with Gasteiger partial charge in [-0.25, -0.2) is 4.98 Å². The fourth-order valence-corrected chi connectivity index (χ4v) is 3.37. The molecule has 1 aliphatic heterocycles. The molecule has 20 heavy (non-hydrogen) atoms. The molecule has 1 aliphatic rings. The summed E-state index contributed by atoms with van der Waals surface area (Å²) in [6, 6.07) is 0.189. The van der Waals surface area contributed by atoms with Crippen molar-refractivity contribution in [1.29, 1.82) is 0 Å². The van der Waals surface area contributed by atoms with Crippen molar-refractivity contribution >= 4 is 17.7 Å². The first-order valence-electron chi connectivity index (χ1n) is 7.04. The molecule has 2 unspecified atom stereocenters. The van der Waals surface area contributed by atoms with Crippen molar-refractivity contribution < 1.29 is 14.6 Å². The highest BCUT2D eigenvalue weighted by Crippen LogP contribution is 2.32. The molecule has 1 fully saturated rings. The number of imidazole rings is 1. The summed E-state index contributed by atoms with van der Waals surface area (Å²) in [6.45, 7) is 7.20. The largest absolute Gasteiger partial charge is 0.481 e. The van der Waals surface area contributed by atoms with Gasteiger partial charge in [0.1, 0.15) is 0 Å². The van der Waals surface area contributed by atoms with E-state index in [1.807, 2.05) is 6.20 Å². The summed E-state index contributed by atoms with van der Waals surface area (Å²) in [5.74, 6) is -0.432. The van der Waals surface area contributed by atoms with Crippen molar-refractivity contribution in [2.75, 3.05) is 12.4 Å². The Morgan fingerprint density at radius 2 is 2.35 bits per heavy atom. The summed E-state index contributed by atoms with van der Waals surface area (Å²) in [4.78, 5) is 15.2. The van der Waals surface area contributed by atoms with E-state index in [4.69, 9.17) is 9.84 Å². The van der Waals surface area contributed by atoms with E-state index in [2.05, 4.69) is 30.3 Å². The van der Waals surface area contributed by atoms with Crippen LogP contribution >= 0.6 is 11.8 Å². The van der Waals surface area contributed by atoms with Crippen LogP contribution in [0.5, 0.6) is 0 Å². The molecular formula is C14H22N2O3S. The van der Waals surface area contributed by atoms with Crippen LogP contribution in [0.4, 0.5) is 0 Å². The van der Waals surface area contributed by atoms with E-state index in [1.165, 1.54) is 11.8 Å². The highest BCUT2D eigenvalue weighted by atomic mass is 32.2. The van der Waals surface area contributed by atoms with Gasteiger partial charge in [-0.15, -0.1) is 0 Å². The van der Waals surface area contributed by atoms with Crippen LogP contribution in [0.15, 0.2) is 11.4 Å². The van der Waals surface area contributed by atoms with Gasteiger partial charge in [-0.2, -0.15) is 0 Å². The fourth-order valence-electron chi connectivity index (χ4n) is 2.58. The molecule has 2 heterocycles. The Morgan fingerprint density at radius 3 is 2.90 bits per heavy atom. The maximum atomic E-state index is 10.8. The fraction of sp³-hybridized carbons (Fsp3) is 0.714. The number of aliphatic carboxylic acids is 1. The van der Waals surface area contributed by atoms with Crippen LogP contribution < -0.4 is 0 Å². The summed E-state index contributed by atoms with van der Waals surface area (Å²) in [5.41, 5.74) is 1.14. The van der Waals surface area contributed by atoms with E-state index in [0.717, 1.165) is 30.3 Å². The van der Waals surface area contributed by atoms with Gasteiger partial charge in [0.2, 0.25) is 0 Å². The van der Waals surface area contributed by atoms with E-state index >= 15 is 0 Å². The minimum atomic E-state index is -0.819. The standard InChI is InChI=1S/C14H22N2O3S/c1-9(2)11-7-15-14(20-8-13(17)18)16(11)10(3)12-5-4-6-19-12/h7,9-10,12H,4-6,8H2,1-3H3,(H,17,18). The molecule has 112 valence electrons. The number of carbonyl (C=O) groups is 1. The number of aromatic nitrogens is 2. The molecule has 2 rings (SSSR count). The van der Waals surface area contributed by atoms with Crippen molar-refractivity contribution in [3.63, 3.8) is 0 Å². The van der Waals surface area contributed by atoms with E-state index in [9.17, 15) is 4.79 Å². The predicted octanol–water partition coefficient (Wildman–Crippen LogP) is 2.92. The average molecular weight is 298 g/mol. The van der Waals surface area contributed by atoms with Crippen molar-refractivity contribution in [3.05, 3.63) is 11.9 Å². The third-order valence-corrected chi connectivity index (χ3v) is 4.57. The molecule has 1 aromatic rings. The second kappa shape index (κ2) is 6.63. The summed E-state index contributed by atoms with van der Waals surface area (Å²) < 4.78 is 7.94. The third-order valence-electron chi connectivity index (χ3n) is 3.62. The van der Waals surface area contributed by atoms with Crippen LogP contribution in [0, 0.1) is 0 Å². The Kier molecular flexibility index (Phi) is 5.10. The van der Waals surface area contributed by atoms with E-state index < -0.39 is 5.97 Å². The summed E-state index contributed by atoms with van der Waals surface area (Å²) >= 11 is 1.28. The number of rotatable bonds is 6. The lowest BCUT2D eigenvalue weighted by Crippen LogP contribution is -2.23. The van der Waals surface area contributed by atoms with Gasteiger partial charge in [-0.3, -0.25) is 4.79 Å². The molecule has 1 aromatic heterocycles. The maximum Gasteiger partial charge on any atom is 0.313 e. The lowest BCUT2D eigenvalue weighted by atomic mass is 10.1. The van der Waals surface area contributed by atoms with Crippen LogP contribution in [0.3, 0.4) is 0 Å². The molecule has 6 heteroatoms. The van der Waals surface area contributed by atoms with Crippen molar-refractivity contribution in [3.8, 4) is 0 Å². The molecule has 0 amide bonds. The molecule has 1 N–H and O–H groups in total. The monoisotopic (exact) mass is 298 g/mol. The minimum absolute atomic E-state index is 0.0345. The lowest BCUT2D eigenvalue weighted by molar-refractivity contribution is -0.133. The van der Waals surface area contributed by atoms with E-state index in [1.54, 1.807) is 0 Å². The Bertz CT molecular complexity index is 467. The zero-order valence-electron chi connectivity index (χ0n) is 12.2. The van der Waals surface area contributed by atoms with Gasteiger partial charge in [0.25, 0.3) is 0 Å². The molecule has 0 radical (unpaired) electrons. The zero-order chi connectivity index (χ0) is 14.7. The van der Waals surface area contributed by atoms with E-state index in [-0.39, 0.29) is 17.9 Å². The van der Waals surface area contributed by atoms with Crippen LogP contribution in [-0.4, -0.2) is 39.1 Å². The number of hydrogen-bond donors (Lipinski definition) is 1. The van der Waals surface area contributed by atoms with Crippen molar-refractivity contribution in [1.82, 2.24) is 9.55 Å². The molecule has 1 saturated heterocycles. The highest BCUT2D eigenvalue weighted by Gasteiger charge is 2.28. The van der Waals surface area contributed by atoms with Gasteiger partial charge in [0.05, 0.1) is 17.9 Å². The second-order valence-electron chi connectivity index (χ2n) is 5.46. The van der Waals surface area contributed by atoms with Crippen molar-refractivity contribution in [2.45, 2.75) is 56.8 Å². The van der Waals surface area contributed by atoms with Gasteiger partial charge < -0.3 is 14.4 Å². The smallest absolute Gasteiger partial charge is 0.313 e. The molecule has 0 aromatic carbocycles. The van der Waals surface area contributed by atoms with Crippen LogP contribution in [0.25, 0.3) is 0 Å². The summed E-state index contributed by atoms with van der Waals surface area (Å²) in [7, 11) is 0. The van der Waals surface area contributed by atoms with Gasteiger partial charge in [-0.05, 0) is 25.7 Å². The maximum absolute atomic E-state index is 10.8. The van der Waals surface area contributed by atoms with Crippen LogP contribution in [0.1, 0.15) is 51.3 Å². The lowest BCUT2D eigenvalue weighted by Gasteiger charge is -2.25. The van der Waals surface area contributed by atoms with Crippen LogP contribution in [0.2, 0.25) is 0 Å². The molecule has 0 bridgehead atoms. The second-order valence-corrected chi connectivity index (χ2v) is 6.41. The first kappa shape index (κ1) is 15.4. The average Bonchev–Trinajstić information content (AvgIpc) is 3.04. The number of ether oxygens (including phenoxy) is 1. The Hall–Kier alpha value is -1.01. The number of nitrogens with zero attached hydrogens (tertiary/aromatic N) is 2. The molecule has 5 nitrogen and oxygen atoms in total. The topological polar surface area (TPSA) is 64.3 Å². The zero-order valence-corrected chi connectivity index (χ0v) is 13.0. The Labute approximate surface area is 123 Å². The van der Waals surface area contributed by atoms with E-state index in [0.29, 0.717) is 5.92 Å². The van der Waals surface area contributed by atoms with Crippen molar-refractivity contribution in [2.24, 2.45) is 0 Å².